The van der Waals surface area contributed by atoms with Gasteiger partial charge in [0.1, 0.15) is 6.04 Å². The van der Waals surface area contributed by atoms with Crippen molar-refractivity contribution >= 4 is 5.91 Å². The summed E-state index contributed by atoms with van der Waals surface area (Å²) >= 11 is 0. The zero-order valence-electron chi connectivity index (χ0n) is 9.35. The average Bonchev–Trinajstić information content (AvgIpc) is 2.65. The third-order valence-electron chi connectivity index (χ3n) is 2.88. The van der Waals surface area contributed by atoms with Crippen LogP contribution in [0.15, 0.2) is 0 Å². The summed E-state index contributed by atoms with van der Waals surface area (Å²) in [7, 11) is 1.52. The highest BCUT2D eigenvalue weighted by Gasteiger charge is 2.31. The van der Waals surface area contributed by atoms with E-state index in [1.54, 1.807) is 11.8 Å². The van der Waals surface area contributed by atoms with E-state index in [2.05, 4.69) is 0 Å². The molecule has 1 aliphatic rings. The summed E-state index contributed by atoms with van der Waals surface area (Å²) in [5, 5.41) is 9.40. The number of carbonyl (C=O) groups is 1. The summed E-state index contributed by atoms with van der Waals surface area (Å²) in [5.74, 6) is 0.101. The molecule has 0 bridgehead atoms. The van der Waals surface area contributed by atoms with Gasteiger partial charge < -0.3 is 20.5 Å². The summed E-state index contributed by atoms with van der Waals surface area (Å²) in [6, 6.07) is -0.581. The molecule has 1 fully saturated rings. The fourth-order valence-corrected chi connectivity index (χ4v) is 1.87. The zero-order chi connectivity index (χ0) is 11.4. The first-order valence-electron chi connectivity index (χ1n) is 5.27. The van der Waals surface area contributed by atoms with Gasteiger partial charge in [0, 0.05) is 26.1 Å². The molecule has 0 saturated carbocycles. The van der Waals surface area contributed by atoms with Gasteiger partial charge in [-0.2, -0.15) is 0 Å². The van der Waals surface area contributed by atoms with Crippen LogP contribution in [-0.2, 0) is 9.53 Å². The number of rotatable bonds is 4. The van der Waals surface area contributed by atoms with Gasteiger partial charge in [-0.1, -0.05) is 0 Å². The highest BCUT2D eigenvalue weighted by Crippen LogP contribution is 2.19. The number of hydrogen-bond acceptors (Lipinski definition) is 4. The number of hydrogen-bond donors (Lipinski definition) is 2. The predicted molar refractivity (Wildman–Crippen MR) is 56.2 cm³/mol. The van der Waals surface area contributed by atoms with Crippen molar-refractivity contribution in [1.82, 2.24) is 4.90 Å². The Hall–Kier alpha value is -0.650. The van der Waals surface area contributed by atoms with Crippen molar-refractivity contribution in [2.75, 3.05) is 26.8 Å². The van der Waals surface area contributed by atoms with E-state index in [1.165, 1.54) is 7.11 Å². The van der Waals surface area contributed by atoms with E-state index in [0.29, 0.717) is 13.1 Å². The third-order valence-corrected chi connectivity index (χ3v) is 2.88. The Morgan fingerprint density at radius 1 is 1.73 bits per heavy atom. The fourth-order valence-electron chi connectivity index (χ4n) is 1.87. The molecule has 0 aromatic rings. The quantitative estimate of drug-likeness (QED) is 0.644. The number of nitrogens with two attached hydrogens (primary N) is 1. The minimum atomic E-state index is -0.581. The molecule has 5 nitrogen and oxygen atoms in total. The number of aliphatic hydroxyl groups excluding tert-OH is 1. The minimum Gasteiger partial charge on any atom is -0.393 e. The van der Waals surface area contributed by atoms with Crippen molar-refractivity contribution in [2.24, 2.45) is 11.7 Å². The SMILES string of the molecule is COCC(N)C(=O)N1CCC(C(C)O)C1. The van der Waals surface area contributed by atoms with Crippen LogP contribution in [0.1, 0.15) is 13.3 Å². The first-order chi connectivity index (χ1) is 7.06. The Morgan fingerprint density at radius 2 is 2.40 bits per heavy atom. The van der Waals surface area contributed by atoms with Gasteiger partial charge in [-0.05, 0) is 13.3 Å². The standard InChI is InChI=1S/C10H20N2O3/c1-7(13)8-3-4-12(5-8)10(14)9(11)6-15-2/h7-9,13H,3-6,11H2,1-2H3. The molecule has 0 spiro atoms. The average molecular weight is 216 g/mol. The fraction of sp³-hybridized carbons (Fsp3) is 0.900. The Morgan fingerprint density at radius 3 is 2.87 bits per heavy atom. The molecule has 1 heterocycles. The Balaban J connectivity index is 2.42. The van der Waals surface area contributed by atoms with Gasteiger partial charge in [0.05, 0.1) is 12.7 Å². The summed E-state index contributed by atoms with van der Waals surface area (Å²) in [6.45, 7) is 3.29. The molecule has 1 aliphatic heterocycles. The van der Waals surface area contributed by atoms with Crippen LogP contribution >= 0.6 is 0 Å². The van der Waals surface area contributed by atoms with E-state index in [9.17, 15) is 9.90 Å². The van der Waals surface area contributed by atoms with Crippen molar-refractivity contribution in [3.63, 3.8) is 0 Å². The molecule has 3 atom stereocenters. The van der Waals surface area contributed by atoms with Crippen molar-refractivity contribution in [3.05, 3.63) is 0 Å². The van der Waals surface area contributed by atoms with Crippen molar-refractivity contribution < 1.29 is 14.6 Å². The zero-order valence-corrected chi connectivity index (χ0v) is 9.35. The molecule has 0 aliphatic carbocycles. The van der Waals surface area contributed by atoms with Crippen LogP contribution in [0.25, 0.3) is 0 Å². The van der Waals surface area contributed by atoms with Crippen LogP contribution in [0.5, 0.6) is 0 Å². The normalized spacial score (nSPS) is 25.3. The number of aliphatic hydroxyl groups is 1. The Kier molecular flexibility index (Phi) is 4.50. The van der Waals surface area contributed by atoms with E-state index < -0.39 is 6.04 Å². The van der Waals surface area contributed by atoms with Gasteiger partial charge in [-0.3, -0.25) is 4.79 Å². The maximum atomic E-state index is 11.7. The molecule has 5 heteroatoms. The Bertz CT molecular complexity index is 221. The van der Waals surface area contributed by atoms with Crippen molar-refractivity contribution in [3.8, 4) is 0 Å². The van der Waals surface area contributed by atoms with Gasteiger partial charge >= 0.3 is 0 Å². The van der Waals surface area contributed by atoms with Gasteiger partial charge in [0.25, 0.3) is 0 Å². The molecule has 1 saturated heterocycles. The maximum absolute atomic E-state index is 11.7. The molecule has 0 aromatic carbocycles. The minimum absolute atomic E-state index is 0.0833. The van der Waals surface area contributed by atoms with E-state index >= 15 is 0 Å². The van der Waals surface area contributed by atoms with E-state index in [0.717, 1.165) is 6.42 Å². The Labute approximate surface area is 90.2 Å². The van der Waals surface area contributed by atoms with Gasteiger partial charge in [-0.25, -0.2) is 0 Å². The van der Waals surface area contributed by atoms with Gasteiger partial charge in [0.2, 0.25) is 5.91 Å². The van der Waals surface area contributed by atoms with E-state index in [4.69, 9.17) is 10.5 Å². The monoisotopic (exact) mass is 216 g/mol. The number of likely N-dealkylation sites (tertiary alicyclic amines) is 1. The molecule has 0 aromatic heterocycles. The summed E-state index contributed by atoms with van der Waals surface area (Å²) in [4.78, 5) is 13.5. The number of methoxy groups -OCH3 is 1. The molecular weight excluding hydrogens is 196 g/mol. The number of amides is 1. The lowest BCUT2D eigenvalue weighted by Gasteiger charge is -2.21. The predicted octanol–water partition coefficient (Wildman–Crippen LogP) is -0.811. The van der Waals surface area contributed by atoms with Crippen molar-refractivity contribution in [1.29, 1.82) is 0 Å². The lowest BCUT2D eigenvalue weighted by Crippen LogP contribution is -2.45. The number of carbonyl (C=O) groups excluding carboxylic acids is 1. The highest BCUT2D eigenvalue weighted by molar-refractivity contribution is 5.82. The lowest BCUT2D eigenvalue weighted by atomic mass is 10.0. The van der Waals surface area contributed by atoms with Gasteiger partial charge in [0.15, 0.2) is 0 Å². The van der Waals surface area contributed by atoms with E-state index in [1.807, 2.05) is 0 Å². The lowest BCUT2D eigenvalue weighted by molar-refractivity contribution is -0.132. The van der Waals surface area contributed by atoms with Crippen LogP contribution in [0, 0.1) is 5.92 Å². The molecular formula is C10H20N2O3. The first kappa shape index (κ1) is 12.4. The smallest absolute Gasteiger partial charge is 0.241 e. The van der Waals surface area contributed by atoms with Crippen LogP contribution in [-0.4, -0.2) is 54.9 Å². The molecule has 1 amide bonds. The molecule has 15 heavy (non-hydrogen) atoms. The van der Waals surface area contributed by atoms with E-state index in [-0.39, 0.29) is 24.5 Å². The topological polar surface area (TPSA) is 75.8 Å². The second kappa shape index (κ2) is 5.44. The molecule has 0 radical (unpaired) electrons. The summed E-state index contributed by atoms with van der Waals surface area (Å²) < 4.78 is 4.84. The number of ether oxygens (including phenoxy) is 1. The molecule has 1 rings (SSSR count). The largest absolute Gasteiger partial charge is 0.393 e. The second-order valence-electron chi connectivity index (χ2n) is 4.14. The number of nitrogens with zero attached hydrogens (tertiary/aromatic N) is 1. The molecule has 3 N–H and O–H groups in total. The summed E-state index contributed by atoms with van der Waals surface area (Å²) in [6.07, 6.45) is 0.491. The molecule has 88 valence electrons. The van der Waals surface area contributed by atoms with Crippen LogP contribution in [0.4, 0.5) is 0 Å². The third kappa shape index (κ3) is 3.15. The summed E-state index contributed by atoms with van der Waals surface area (Å²) in [5.41, 5.74) is 5.65. The van der Waals surface area contributed by atoms with Crippen LogP contribution < -0.4 is 5.73 Å². The van der Waals surface area contributed by atoms with Crippen LogP contribution in [0.2, 0.25) is 0 Å². The van der Waals surface area contributed by atoms with Crippen LogP contribution in [0.3, 0.4) is 0 Å². The van der Waals surface area contributed by atoms with Gasteiger partial charge in [-0.15, -0.1) is 0 Å². The maximum Gasteiger partial charge on any atom is 0.241 e. The second-order valence-corrected chi connectivity index (χ2v) is 4.14. The highest BCUT2D eigenvalue weighted by atomic mass is 16.5. The first-order valence-corrected chi connectivity index (χ1v) is 5.27. The van der Waals surface area contributed by atoms with Crippen molar-refractivity contribution in [2.45, 2.75) is 25.5 Å². The molecule has 3 unspecified atom stereocenters.